The van der Waals surface area contributed by atoms with Gasteiger partial charge >= 0.3 is 0 Å². The lowest BCUT2D eigenvalue weighted by Gasteiger charge is -2.34. The lowest BCUT2D eigenvalue weighted by molar-refractivity contribution is 0.0531. The molecule has 0 saturated carbocycles. The van der Waals surface area contributed by atoms with Crippen molar-refractivity contribution < 1.29 is 9.59 Å². The number of nitrogens with zero attached hydrogens (tertiary/aromatic N) is 4. The highest BCUT2D eigenvalue weighted by atomic mass is 16.2. The predicted octanol–water partition coefficient (Wildman–Crippen LogP) is 2.47. The number of imidazole rings is 1. The third-order valence-electron chi connectivity index (χ3n) is 4.77. The SMILES string of the molecule is O=C(c1ccccc1)N1CCN(C(=O)c2cncn2-c2ccccc2)CC1. The summed E-state index contributed by atoms with van der Waals surface area (Å²) < 4.78 is 1.80. The highest BCUT2D eigenvalue weighted by molar-refractivity contribution is 5.95. The van der Waals surface area contributed by atoms with E-state index < -0.39 is 0 Å². The number of piperazine rings is 1. The van der Waals surface area contributed by atoms with Crippen molar-refractivity contribution >= 4 is 11.8 Å². The van der Waals surface area contributed by atoms with Gasteiger partial charge in [-0.05, 0) is 24.3 Å². The Morgan fingerprint density at radius 2 is 1.30 bits per heavy atom. The fourth-order valence-corrected chi connectivity index (χ4v) is 3.29. The van der Waals surface area contributed by atoms with Gasteiger partial charge in [0.05, 0.1) is 12.5 Å². The van der Waals surface area contributed by atoms with Crippen molar-refractivity contribution in [1.29, 1.82) is 0 Å². The minimum atomic E-state index is -0.0665. The number of carbonyl (C=O) groups excluding carboxylic acids is 2. The van der Waals surface area contributed by atoms with Crippen LogP contribution in [0.5, 0.6) is 0 Å². The van der Waals surface area contributed by atoms with Crippen LogP contribution in [0.3, 0.4) is 0 Å². The number of aromatic nitrogens is 2. The Labute approximate surface area is 157 Å². The van der Waals surface area contributed by atoms with Gasteiger partial charge in [0, 0.05) is 37.4 Å². The number of rotatable bonds is 3. The van der Waals surface area contributed by atoms with Crippen molar-refractivity contribution in [2.45, 2.75) is 0 Å². The van der Waals surface area contributed by atoms with E-state index in [4.69, 9.17) is 0 Å². The molecule has 3 aromatic rings. The topological polar surface area (TPSA) is 58.4 Å². The summed E-state index contributed by atoms with van der Waals surface area (Å²) in [7, 11) is 0. The molecule has 1 aliphatic rings. The summed E-state index contributed by atoms with van der Waals surface area (Å²) in [6.07, 6.45) is 3.24. The molecule has 6 heteroatoms. The molecule has 0 bridgehead atoms. The summed E-state index contributed by atoms with van der Waals surface area (Å²) >= 11 is 0. The normalized spacial score (nSPS) is 14.2. The van der Waals surface area contributed by atoms with E-state index in [0.717, 1.165) is 5.69 Å². The zero-order valence-electron chi connectivity index (χ0n) is 14.9. The van der Waals surface area contributed by atoms with Crippen LogP contribution in [-0.2, 0) is 0 Å². The third kappa shape index (κ3) is 3.46. The number of hydrogen-bond acceptors (Lipinski definition) is 3. The average molecular weight is 360 g/mol. The maximum Gasteiger partial charge on any atom is 0.272 e. The van der Waals surface area contributed by atoms with Crippen molar-refractivity contribution in [2.75, 3.05) is 26.2 Å². The Morgan fingerprint density at radius 3 is 1.93 bits per heavy atom. The summed E-state index contributed by atoms with van der Waals surface area (Å²) in [5, 5.41) is 0. The van der Waals surface area contributed by atoms with E-state index in [1.165, 1.54) is 0 Å². The highest BCUT2D eigenvalue weighted by Gasteiger charge is 2.27. The Bertz CT molecular complexity index is 929. The Kier molecular flexibility index (Phi) is 4.70. The first-order chi connectivity index (χ1) is 13.2. The summed E-state index contributed by atoms with van der Waals surface area (Å²) in [4.78, 5) is 33.2. The summed E-state index contributed by atoms with van der Waals surface area (Å²) in [6.45, 7) is 2.08. The summed E-state index contributed by atoms with van der Waals surface area (Å²) in [5.74, 6) is -0.0554. The number of carbonyl (C=O) groups is 2. The molecule has 1 saturated heterocycles. The Balaban J connectivity index is 1.44. The fourth-order valence-electron chi connectivity index (χ4n) is 3.29. The van der Waals surface area contributed by atoms with E-state index in [1.807, 2.05) is 60.7 Å². The molecule has 0 aliphatic carbocycles. The van der Waals surface area contributed by atoms with Crippen molar-refractivity contribution in [3.63, 3.8) is 0 Å². The quantitative estimate of drug-likeness (QED) is 0.721. The van der Waals surface area contributed by atoms with Crippen LogP contribution >= 0.6 is 0 Å². The first kappa shape index (κ1) is 17.0. The lowest BCUT2D eigenvalue weighted by Crippen LogP contribution is -2.50. The minimum Gasteiger partial charge on any atom is -0.335 e. The molecule has 2 aromatic carbocycles. The molecule has 2 heterocycles. The molecule has 0 atom stereocenters. The maximum absolute atomic E-state index is 13.0. The molecule has 4 rings (SSSR count). The second kappa shape index (κ2) is 7.45. The molecule has 6 nitrogen and oxygen atoms in total. The standard InChI is InChI=1S/C21H20N4O2/c26-20(17-7-3-1-4-8-17)23-11-13-24(14-12-23)21(27)19-15-22-16-25(19)18-9-5-2-6-10-18/h1-10,15-16H,11-14H2. The van der Waals surface area contributed by atoms with E-state index in [0.29, 0.717) is 37.4 Å². The Hall–Kier alpha value is -3.41. The fraction of sp³-hybridized carbons (Fsp3) is 0.190. The zero-order valence-corrected chi connectivity index (χ0v) is 14.9. The Morgan fingerprint density at radius 1 is 0.741 bits per heavy atom. The van der Waals surface area contributed by atoms with Gasteiger partial charge in [0.2, 0.25) is 0 Å². The van der Waals surface area contributed by atoms with Gasteiger partial charge in [-0.15, -0.1) is 0 Å². The zero-order chi connectivity index (χ0) is 18.6. The van der Waals surface area contributed by atoms with Crippen molar-refractivity contribution in [3.05, 3.63) is 84.4 Å². The number of hydrogen-bond donors (Lipinski definition) is 0. The van der Waals surface area contributed by atoms with E-state index in [1.54, 1.807) is 26.9 Å². The first-order valence-electron chi connectivity index (χ1n) is 8.95. The van der Waals surface area contributed by atoms with Crippen LogP contribution in [-0.4, -0.2) is 57.3 Å². The van der Waals surface area contributed by atoms with E-state index in [9.17, 15) is 9.59 Å². The van der Waals surface area contributed by atoms with Gasteiger partial charge in [-0.2, -0.15) is 0 Å². The van der Waals surface area contributed by atoms with Gasteiger partial charge in [-0.1, -0.05) is 36.4 Å². The molecule has 27 heavy (non-hydrogen) atoms. The first-order valence-corrected chi connectivity index (χ1v) is 8.95. The molecule has 0 radical (unpaired) electrons. The largest absolute Gasteiger partial charge is 0.335 e. The van der Waals surface area contributed by atoms with Gasteiger partial charge in [-0.3, -0.25) is 14.2 Å². The smallest absolute Gasteiger partial charge is 0.272 e. The van der Waals surface area contributed by atoms with Crippen LogP contribution in [0.15, 0.2) is 73.2 Å². The molecular formula is C21H20N4O2. The predicted molar refractivity (Wildman–Crippen MR) is 102 cm³/mol. The van der Waals surface area contributed by atoms with E-state index >= 15 is 0 Å². The molecule has 1 fully saturated rings. The second-order valence-electron chi connectivity index (χ2n) is 6.43. The number of amides is 2. The van der Waals surface area contributed by atoms with Crippen LogP contribution in [0, 0.1) is 0 Å². The van der Waals surface area contributed by atoms with Gasteiger partial charge in [0.25, 0.3) is 11.8 Å². The van der Waals surface area contributed by atoms with Crippen molar-refractivity contribution in [1.82, 2.24) is 19.4 Å². The van der Waals surface area contributed by atoms with Crippen LogP contribution in [0.1, 0.15) is 20.8 Å². The second-order valence-corrected chi connectivity index (χ2v) is 6.43. The lowest BCUT2D eigenvalue weighted by atomic mass is 10.2. The highest BCUT2D eigenvalue weighted by Crippen LogP contribution is 2.15. The van der Waals surface area contributed by atoms with Gasteiger partial charge < -0.3 is 9.80 Å². The van der Waals surface area contributed by atoms with Gasteiger partial charge in [-0.25, -0.2) is 4.98 Å². The molecular weight excluding hydrogens is 340 g/mol. The molecule has 2 amide bonds. The average Bonchev–Trinajstić information content (AvgIpc) is 3.24. The van der Waals surface area contributed by atoms with E-state index in [2.05, 4.69) is 4.98 Å². The molecule has 0 N–H and O–H groups in total. The van der Waals surface area contributed by atoms with Crippen LogP contribution in [0.4, 0.5) is 0 Å². The van der Waals surface area contributed by atoms with Crippen LogP contribution in [0.2, 0.25) is 0 Å². The van der Waals surface area contributed by atoms with Gasteiger partial charge in [0.1, 0.15) is 5.69 Å². The van der Waals surface area contributed by atoms with Crippen molar-refractivity contribution in [3.8, 4) is 5.69 Å². The third-order valence-corrected chi connectivity index (χ3v) is 4.77. The molecule has 1 aromatic heterocycles. The van der Waals surface area contributed by atoms with E-state index in [-0.39, 0.29) is 11.8 Å². The molecule has 0 spiro atoms. The number of para-hydroxylation sites is 1. The van der Waals surface area contributed by atoms with Gasteiger partial charge in [0.15, 0.2) is 0 Å². The summed E-state index contributed by atoms with van der Waals surface area (Å²) in [5.41, 5.74) is 2.11. The van der Waals surface area contributed by atoms with Crippen LogP contribution < -0.4 is 0 Å². The molecule has 136 valence electrons. The molecule has 1 aliphatic heterocycles. The number of benzene rings is 2. The maximum atomic E-state index is 13.0. The van der Waals surface area contributed by atoms with Crippen molar-refractivity contribution in [2.24, 2.45) is 0 Å². The van der Waals surface area contributed by atoms with Crippen LogP contribution in [0.25, 0.3) is 5.69 Å². The monoisotopic (exact) mass is 360 g/mol. The minimum absolute atomic E-state index is 0.0111. The molecule has 0 unspecified atom stereocenters. The summed E-state index contributed by atoms with van der Waals surface area (Å²) in [6, 6.07) is 18.9.